The summed E-state index contributed by atoms with van der Waals surface area (Å²) in [6.45, 7) is 3.97. The van der Waals surface area contributed by atoms with Crippen LogP contribution in [0, 0.1) is 0 Å². The number of methoxy groups -OCH3 is 1. The Hall–Kier alpha value is -2.37. The van der Waals surface area contributed by atoms with Crippen LogP contribution < -0.4 is 5.32 Å². The van der Waals surface area contributed by atoms with E-state index >= 15 is 0 Å². The molecule has 6 heteroatoms. The maximum absolute atomic E-state index is 12.1. The Balaban J connectivity index is 3.33. The number of amides is 1. The van der Waals surface area contributed by atoms with Crippen molar-refractivity contribution in [3.8, 4) is 0 Å². The van der Waals surface area contributed by atoms with E-state index in [1.165, 1.54) is 27.9 Å². The number of hydrogen-bond donors (Lipinski definition) is 1. The van der Waals surface area contributed by atoms with Crippen LogP contribution in [0.25, 0.3) is 0 Å². The number of nitrogens with one attached hydrogen (secondary N) is 1. The molecule has 0 aliphatic heterocycles. The average Bonchev–Trinajstić information content (AvgIpc) is 2.43. The van der Waals surface area contributed by atoms with Gasteiger partial charge < -0.3 is 14.8 Å². The van der Waals surface area contributed by atoms with E-state index in [1.54, 1.807) is 30.3 Å². The highest BCUT2D eigenvalue weighted by Crippen LogP contribution is 2.31. The summed E-state index contributed by atoms with van der Waals surface area (Å²) >= 11 is 0. The lowest BCUT2D eigenvalue weighted by atomic mass is 9.88. The molecule has 1 N–H and O–H groups in total. The molecular weight excluding hydrogens is 274 g/mol. The minimum Gasteiger partial charge on any atom is -0.467 e. The molecule has 0 aromatic heterocycles. The number of carbonyl (C=O) groups is 3. The van der Waals surface area contributed by atoms with E-state index in [0.29, 0.717) is 5.56 Å². The average molecular weight is 293 g/mol. The van der Waals surface area contributed by atoms with Crippen molar-refractivity contribution in [2.75, 3.05) is 7.11 Å². The van der Waals surface area contributed by atoms with Crippen LogP contribution in [0.3, 0.4) is 0 Å². The Morgan fingerprint density at radius 3 is 2.14 bits per heavy atom. The fourth-order valence-corrected chi connectivity index (χ4v) is 2.11. The van der Waals surface area contributed by atoms with Crippen LogP contribution in [0.5, 0.6) is 0 Å². The van der Waals surface area contributed by atoms with Gasteiger partial charge in [0.1, 0.15) is 0 Å². The van der Waals surface area contributed by atoms with E-state index in [0.717, 1.165) is 0 Å². The molecule has 21 heavy (non-hydrogen) atoms. The Bertz CT molecular complexity index is 528. The summed E-state index contributed by atoms with van der Waals surface area (Å²) in [4.78, 5) is 35.0. The van der Waals surface area contributed by atoms with Gasteiger partial charge in [0.2, 0.25) is 5.91 Å². The standard InChI is InChI=1S/C15H19NO5/c1-10(17)16-15(3,14(19)20-4)13(21-11(2)18)12-8-6-5-7-9-12/h5-9,13H,1-4H3,(H,16,17)/t13-,15-/m0/s1. The van der Waals surface area contributed by atoms with Crippen molar-refractivity contribution in [1.82, 2.24) is 5.32 Å². The van der Waals surface area contributed by atoms with Crippen LogP contribution >= 0.6 is 0 Å². The molecule has 0 saturated carbocycles. The van der Waals surface area contributed by atoms with E-state index in [4.69, 9.17) is 9.47 Å². The van der Waals surface area contributed by atoms with Crippen molar-refractivity contribution < 1.29 is 23.9 Å². The smallest absolute Gasteiger partial charge is 0.335 e. The SMILES string of the molecule is COC(=O)[C@@](C)(NC(C)=O)[C@@H](OC(C)=O)c1ccccc1. The molecule has 0 heterocycles. The van der Waals surface area contributed by atoms with Crippen molar-refractivity contribution in [2.24, 2.45) is 0 Å². The fourth-order valence-electron chi connectivity index (χ4n) is 2.11. The summed E-state index contributed by atoms with van der Waals surface area (Å²) in [5.41, 5.74) is -0.942. The Kier molecular flexibility index (Phi) is 5.46. The lowest BCUT2D eigenvalue weighted by Crippen LogP contribution is -2.57. The van der Waals surface area contributed by atoms with Crippen LogP contribution in [0.4, 0.5) is 0 Å². The summed E-state index contributed by atoms with van der Waals surface area (Å²) in [7, 11) is 1.21. The van der Waals surface area contributed by atoms with Gasteiger partial charge in [0.15, 0.2) is 11.6 Å². The zero-order valence-electron chi connectivity index (χ0n) is 12.5. The number of esters is 2. The summed E-state index contributed by atoms with van der Waals surface area (Å²) in [6, 6.07) is 8.70. The van der Waals surface area contributed by atoms with E-state index in [9.17, 15) is 14.4 Å². The van der Waals surface area contributed by atoms with Crippen LogP contribution in [-0.4, -0.2) is 30.5 Å². The number of benzene rings is 1. The van der Waals surface area contributed by atoms with Crippen molar-refractivity contribution in [3.05, 3.63) is 35.9 Å². The van der Waals surface area contributed by atoms with Crippen LogP contribution in [0.1, 0.15) is 32.4 Å². The van der Waals surface area contributed by atoms with Gasteiger partial charge in [-0.05, 0) is 12.5 Å². The summed E-state index contributed by atoms with van der Waals surface area (Å²) in [5, 5.41) is 2.52. The monoisotopic (exact) mass is 293 g/mol. The first-order valence-corrected chi connectivity index (χ1v) is 6.40. The Morgan fingerprint density at radius 1 is 1.14 bits per heavy atom. The lowest BCUT2D eigenvalue weighted by molar-refractivity contribution is -0.165. The molecule has 0 fully saturated rings. The van der Waals surface area contributed by atoms with E-state index < -0.39 is 29.5 Å². The fraction of sp³-hybridized carbons (Fsp3) is 0.400. The van der Waals surface area contributed by atoms with Crippen molar-refractivity contribution in [1.29, 1.82) is 0 Å². The quantitative estimate of drug-likeness (QED) is 0.829. The van der Waals surface area contributed by atoms with Gasteiger partial charge in [0.25, 0.3) is 0 Å². The zero-order chi connectivity index (χ0) is 16.0. The predicted octanol–water partition coefficient (Wildman–Crippen LogP) is 1.36. The molecule has 0 saturated heterocycles. The highest BCUT2D eigenvalue weighted by atomic mass is 16.6. The van der Waals surface area contributed by atoms with E-state index in [2.05, 4.69) is 5.32 Å². The van der Waals surface area contributed by atoms with E-state index in [-0.39, 0.29) is 0 Å². The van der Waals surface area contributed by atoms with Gasteiger partial charge >= 0.3 is 11.9 Å². The normalized spacial score (nSPS) is 14.5. The molecular formula is C15H19NO5. The molecule has 2 atom stereocenters. The third-order valence-electron chi connectivity index (χ3n) is 2.96. The molecule has 0 radical (unpaired) electrons. The number of carbonyl (C=O) groups excluding carboxylic acids is 3. The first kappa shape index (κ1) is 16.7. The molecule has 0 spiro atoms. The molecule has 0 aliphatic rings. The first-order valence-electron chi connectivity index (χ1n) is 6.40. The highest BCUT2D eigenvalue weighted by molar-refractivity contribution is 5.88. The Labute approximate surface area is 123 Å². The number of ether oxygens (including phenoxy) is 2. The van der Waals surface area contributed by atoms with Crippen molar-refractivity contribution in [2.45, 2.75) is 32.4 Å². The van der Waals surface area contributed by atoms with Gasteiger partial charge in [0, 0.05) is 13.8 Å². The van der Waals surface area contributed by atoms with Gasteiger partial charge in [-0.2, -0.15) is 0 Å². The third kappa shape index (κ3) is 4.05. The van der Waals surface area contributed by atoms with Crippen molar-refractivity contribution in [3.63, 3.8) is 0 Å². The molecule has 1 rings (SSSR count). The van der Waals surface area contributed by atoms with Gasteiger partial charge in [0.05, 0.1) is 7.11 Å². The molecule has 0 unspecified atom stereocenters. The molecule has 114 valence electrons. The summed E-state index contributed by atoms with van der Waals surface area (Å²) < 4.78 is 10.0. The molecule has 1 amide bonds. The van der Waals surface area contributed by atoms with Gasteiger partial charge in [-0.15, -0.1) is 0 Å². The number of rotatable bonds is 5. The molecule has 1 aromatic rings. The third-order valence-corrected chi connectivity index (χ3v) is 2.96. The second-order valence-electron chi connectivity index (χ2n) is 4.78. The largest absolute Gasteiger partial charge is 0.467 e. The van der Waals surface area contributed by atoms with Gasteiger partial charge in [-0.25, -0.2) is 4.79 Å². The Morgan fingerprint density at radius 2 is 1.71 bits per heavy atom. The minimum atomic E-state index is -1.52. The second kappa shape index (κ2) is 6.88. The summed E-state index contributed by atoms with van der Waals surface area (Å²) in [5.74, 6) is -1.70. The van der Waals surface area contributed by atoms with Crippen LogP contribution in [0.2, 0.25) is 0 Å². The lowest BCUT2D eigenvalue weighted by Gasteiger charge is -2.34. The maximum atomic E-state index is 12.1. The molecule has 0 aliphatic carbocycles. The maximum Gasteiger partial charge on any atom is 0.335 e. The van der Waals surface area contributed by atoms with Crippen LogP contribution in [-0.2, 0) is 23.9 Å². The van der Waals surface area contributed by atoms with Gasteiger partial charge in [-0.3, -0.25) is 9.59 Å². The van der Waals surface area contributed by atoms with Gasteiger partial charge in [-0.1, -0.05) is 30.3 Å². The predicted molar refractivity (Wildman–Crippen MR) is 75.2 cm³/mol. The molecule has 0 bridgehead atoms. The highest BCUT2D eigenvalue weighted by Gasteiger charge is 2.46. The molecule has 1 aromatic carbocycles. The second-order valence-corrected chi connectivity index (χ2v) is 4.78. The van der Waals surface area contributed by atoms with Crippen molar-refractivity contribution >= 4 is 17.8 Å². The van der Waals surface area contributed by atoms with Crippen LogP contribution in [0.15, 0.2) is 30.3 Å². The first-order chi connectivity index (χ1) is 9.81. The number of hydrogen-bond acceptors (Lipinski definition) is 5. The topological polar surface area (TPSA) is 81.7 Å². The summed E-state index contributed by atoms with van der Waals surface area (Å²) in [6.07, 6.45) is -0.993. The minimum absolute atomic E-state index is 0.434. The molecule has 6 nitrogen and oxygen atoms in total. The zero-order valence-corrected chi connectivity index (χ0v) is 12.5. The van der Waals surface area contributed by atoms with E-state index in [1.807, 2.05) is 0 Å².